The van der Waals surface area contributed by atoms with E-state index in [9.17, 15) is 4.79 Å². The lowest BCUT2D eigenvalue weighted by molar-refractivity contribution is -0.131. The molecule has 1 saturated carbocycles. The van der Waals surface area contributed by atoms with Crippen molar-refractivity contribution in [2.45, 2.75) is 56.8 Å². The average molecular weight is 463 g/mol. The molecule has 2 aromatic rings. The van der Waals surface area contributed by atoms with Crippen LogP contribution in [0.25, 0.3) is 11.4 Å². The van der Waals surface area contributed by atoms with E-state index in [1.165, 1.54) is 31.0 Å². The van der Waals surface area contributed by atoms with Crippen LogP contribution in [0.4, 0.5) is 0 Å². The Morgan fingerprint density at radius 1 is 1.29 bits per heavy atom. The molecule has 1 aromatic heterocycles. The molecule has 0 saturated heterocycles. The van der Waals surface area contributed by atoms with Gasteiger partial charge in [0.1, 0.15) is 0 Å². The Hall–Kier alpha value is -1.60. The zero-order valence-corrected chi connectivity index (χ0v) is 18.7. The fourth-order valence-electron chi connectivity index (χ4n) is 3.74. The highest BCUT2D eigenvalue weighted by Gasteiger charge is 2.24. The molecule has 0 spiro atoms. The summed E-state index contributed by atoms with van der Waals surface area (Å²) in [5, 5.41) is 9.48. The van der Waals surface area contributed by atoms with Crippen LogP contribution in [0.5, 0.6) is 0 Å². The molecule has 1 aromatic carbocycles. The van der Waals surface area contributed by atoms with Gasteiger partial charge in [0.2, 0.25) is 5.91 Å². The van der Waals surface area contributed by atoms with E-state index in [0.717, 1.165) is 40.4 Å². The van der Waals surface area contributed by atoms with Crippen molar-refractivity contribution in [3.63, 3.8) is 0 Å². The van der Waals surface area contributed by atoms with Crippen molar-refractivity contribution >= 4 is 33.6 Å². The van der Waals surface area contributed by atoms with E-state index in [4.69, 9.17) is 0 Å². The number of amides is 1. The van der Waals surface area contributed by atoms with Crippen LogP contribution in [0.15, 0.2) is 46.5 Å². The number of rotatable bonds is 8. The molecule has 1 heterocycles. The maximum atomic E-state index is 12.9. The molecule has 0 bridgehead atoms. The molecular formula is C21H27BrN4OS. The normalized spacial score (nSPS) is 14.8. The average Bonchev–Trinajstić information content (AvgIpc) is 3.11. The van der Waals surface area contributed by atoms with Crippen LogP contribution < -0.4 is 0 Å². The zero-order chi connectivity index (χ0) is 19.9. The third-order valence-corrected chi connectivity index (χ3v) is 6.61. The summed E-state index contributed by atoms with van der Waals surface area (Å²) in [7, 11) is 0. The van der Waals surface area contributed by atoms with Gasteiger partial charge in [0.05, 0.1) is 5.75 Å². The van der Waals surface area contributed by atoms with Gasteiger partial charge in [-0.1, -0.05) is 65.2 Å². The maximum Gasteiger partial charge on any atom is 0.233 e. The van der Waals surface area contributed by atoms with Crippen molar-refractivity contribution in [1.29, 1.82) is 0 Å². The first-order valence-corrected chi connectivity index (χ1v) is 11.6. The second kappa shape index (κ2) is 10.3. The van der Waals surface area contributed by atoms with Crippen LogP contribution in [0.3, 0.4) is 0 Å². The molecule has 7 heteroatoms. The summed E-state index contributed by atoms with van der Waals surface area (Å²) in [5.41, 5.74) is 0.994. The largest absolute Gasteiger partial charge is 0.339 e. The zero-order valence-electron chi connectivity index (χ0n) is 16.3. The monoisotopic (exact) mass is 462 g/mol. The second-order valence-electron chi connectivity index (χ2n) is 6.97. The van der Waals surface area contributed by atoms with Crippen LogP contribution in [0, 0.1) is 0 Å². The summed E-state index contributed by atoms with van der Waals surface area (Å²) in [4.78, 5) is 14.9. The van der Waals surface area contributed by atoms with Crippen LogP contribution >= 0.6 is 27.7 Å². The fourth-order valence-corrected chi connectivity index (χ4v) is 4.84. The Labute approximate surface area is 179 Å². The van der Waals surface area contributed by atoms with Gasteiger partial charge in [0, 0.05) is 29.2 Å². The van der Waals surface area contributed by atoms with E-state index >= 15 is 0 Å². The van der Waals surface area contributed by atoms with Gasteiger partial charge in [-0.25, -0.2) is 0 Å². The van der Waals surface area contributed by atoms with Gasteiger partial charge in [-0.3, -0.25) is 9.36 Å². The molecule has 1 aliphatic rings. The third-order valence-electron chi connectivity index (χ3n) is 5.13. The summed E-state index contributed by atoms with van der Waals surface area (Å²) in [6.07, 6.45) is 7.84. The number of halogens is 1. The number of aromatic nitrogens is 3. The lowest BCUT2D eigenvalue weighted by Gasteiger charge is -2.33. The summed E-state index contributed by atoms with van der Waals surface area (Å²) >= 11 is 4.92. The lowest BCUT2D eigenvalue weighted by atomic mass is 9.94. The SMILES string of the molecule is C=CCn1c(SCC(=O)N(CC)C2CCCCC2)nnc1-c1ccc(Br)cc1. The first kappa shape index (κ1) is 21.1. The highest BCUT2D eigenvalue weighted by molar-refractivity contribution is 9.10. The minimum absolute atomic E-state index is 0.192. The van der Waals surface area contributed by atoms with Crippen LogP contribution in [0.1, 0.15) is 39.0 Å². The van der Waals surface area contributed by atoms with Gasteiger partial charge >= 0.3 is 0 Å². The summed E-state index contributed by atoms with van der Waals surface area (Å²) in [6.45, 7) is 7.31. The Morgan fingerprint density at radius 3 is 2.64 bits per heavy atom. The van der Waals surface area contributed by atoms with Gasteiger partial charge in [-0.15, -0.1) is 16.8 Å². The smallest absolute Gasteiger partial charge is 0.233 e. The molecule has 0 N–H and O–H groups in total. The predicted octanol–water partition coefficient (Wildman–Crippen LogP) is 5.17. The standard InChI is InChI=1S/C21H27BrN4OS/c1-3-14-26-20(16-10-12-17(22)13-11-16)23-24-21(26)28-15-19(27)25(4-2)18-8-6-5-7-9-18/h3,10-13,18H,1,4-9,14-15H2,2H3. The first-order chi connectivity index (χ1) is 13.6. The molecule has 0 radical (unpaired) electrons. The molecule has 0 aliphatic heterocycles. The number of benzene rings is 1. The van der Waals surface area contributed by atoms with Crippen LogP contribution in [0.2, 0.25) is 0 Å². The predicted molar refractivity (Wildman–Crippen MR) is 118 cm³/mol. The number of allylic oxidation sites excluding steroid dienone is 1. The Balaban J connectivity index is 1.72. The molecule has 0 atom stereocenters. The number of thioether (sulfide) groups is 1. The van der Waals surface area contributed by atoms with E-state index in [0.29, 0.717) is 18.3 Å². The fraction of sp³-hybridized carbons (Fsp3) is 0.476. The van der Waals surface area contributed by atoms with E-state index in [1.54, 1.807) is 0 Å². The number of hydrogen-bond donors (Lipinski definition) is 0. The van der Waals surface area contributed by atoms with Crippen molar-refractivity contribution in [1.82, 2.24) is 19.7 Å². The molecule has 150 valence electrons. The molecule has 3 rings (SSSR count). The van der Waals surface area contributed by atoms with E-state index in [1.807, 2.05) is 34.9 Å². The van der Waals surface area contributed by atoms with Gasteiger partial charge in [-0.05, 0) is 31.9 Å². The molecule has 28 heavy (non-hydrogen) atoms. The van der Waals surface area contributed by atoms with E-state index < -0.39 is 0 Å². The number of nitrogens with zero attached hydrogens (tertiary/aromatic N) is 4. The van der Waals surface area contributed by atoms with Crippen LogP contribution in [-0.2, 0) is 11.3 Å². The van der Waals surface area contributed by atoms with Gasteiger partial charge in [0.25, 0.3) is 0 Å². The molecule has 1 aliphatic carbocycles. The summed E-state index contributed by atoms with van der Waals surface area (Å²) in [5.74, 6) is 1.37. The number of carbonyl (C=O) groups excluding carboxylic acids is 1. The Bertz CT molecular complexity index is 799. The molecule has 1 fully saturated rings. The number of hydrogen-bond acceptors (Lipinski definition) is 4. The Morgan fingerprint density at radius 2 is 2.00 bits per heavy atom. The van der Waals surface area contributed by atoms with Crippen molar-refractivity contribution in [2.75, 3.05) is 12.3 Å². The van der Waals surface area contributed by atoms with Gasteiger partial charge in [0.15, 0.2) is 11.0 Å². The van der Waals surface area contributed by atoms with Crippen molar-refractivity contribution in [2.24, 2.45) is 0 Å². The molecular weight excluding hydrogens is 436 g/mol. The third kappa shape index (κ3) is 5.06. The van der Waals surface area contributed by atoms with Gasteiger partial charge in [-0.2, -0.15) is 0 Å². The highest BCUT2D eigenvalue weighted by atomic mass is 79.9. The van der Waals surface area contributed by atoms with E-state index in [-0.39, 0.29) is 5.91 Å². The molecule has 5 nitrogen and oxygen atoms in total. The van der Waals surface area contributed by atoms with Crippen molar-refractivity contribution in [3.8, 4) is 11.4 Å². The lowest BCUT2D eigenvalue weighted by Crippen LogP contribution is -2.42. The Kier molecular flexibility index (Phi) is 7.73. The number of carbonyl (C=O) groups is 1. The first-order valence-electron chi connectivity index (χ1n) is 9.86. The minimum Gasteiger partial charge on any atom is -0.339 e. The van der Waals surface area contributed by atoms with E-state index in [2.05, 4.69) is 44.5 Å². The molecule has 1 amide bonds. The summed E-state index contributed by atoms with van der Waals surface area (Å²) in [6, 6.07) is 8.39. The van der Waals surface area contributed by atoms with Crippen LogP contribution in [-0.4, -0.2) is 43.9 Å². The topological polar surface area (TPSA) is 51.0 Å². The van der Waals surface area contributed by atoms with Crippen molar-refractivity contribution in [3.05, 3.63) is 41.4 Å². The van der Waals surface area contributed by atoms with Gasteiger partial charge < -0.3 is 4.90 Å². The second-order valence-corrected chi connectivity index (χ2v) is 8.83. The molecule has 0 unspecified atom stereocenters. The summed E-state index contributed by atoms with van der Waals surface area (Å²) < 4.78 is 3.04. The van der Waals surface area contributed by atoms with Crippen molar-refractivity contribution < 1.29 is 4.79 Å². The highest BCUT2D eigenvalue weighted by Crippen LogP contribution is 2.27. The quantitative estimate of drug-likeness (QED) is 0.401. The minimum atomic E-state index is 0.192. The maximum absolute atomic E-state index is 12.9.